The Labute approximate surface area is 390 Å². The summed E-state index contributed by atoms with van der Waals surface area (Å²) in [6.07, 6.45) is 8.21. The quantitative estimate of drug-likeness (QED) is 0.152. The van der Waals surface area contributed by atoms with Gasteiger partial charge in [0.25, 0.3) is 0 Å². The van der Waals surface area contributed by atoms with E-state index in [0.717, 1.165) is 95.3 Å². The van der Waals surface area contributed by atoms with Gasteiger partial charge in [0, 0.05) is 49.6 Å². The summed E-state index contributed by atoms with van der Waals surface area (Å²) in [5.74, 6) is 2.55. The first-order chi connectivity index (χ1) is 33.1. The van der Waals surface area contributed by atoms with Crippen molar-refractivity contribution >= 4 is 60.9 Å². The molecule has 3 heteroatoms. The lowest BCUT2D eigenvalue weighted by Crippen LogP contribution is -2.48. The van der Waals surface area contributed by atoms with E-state index >= 15 is 0 Å². The second-order valence-corrected chi connectivity index (χ2v) is 19.9. The molecule has 67 heavy (non-hydrogen) atoms. The molecule has 0 amide bonds. The SMILES string of the molecule is c1ccc(-c2ccc(N(c3ccc(-c4cccc5c4oc4ccccc45)cc3)c3cc(C45CC6CC(CC(C6)C4)C5)ccc3-c3ccc(-c4cccc5c4oc4ccccc45)cc3)cc2)cc1. The highest BCUT2D eigenvalue weighted by molar-refractivity contribution is 6.10. The van der Waals surface area contributed by atoms with Crippen LogP contribution < -0.4 is 4.90 Å². The fourth-order valence-electron chi connectivity index (χ4n) is 13.2. The van der Waals surface area contributed by atoms with Gasteiger partial charge in [-0.05, 0) is 138 Å². The number of hydrogen-bond donors (Lipinski definition) is 0. The second kappa shape index (κ2) is 15.2. The summed E-state index contributed by atoms with van der Waals surface area (Å²) >= 11 is 0. The highest BCUT2D eigenvalue weighted by Crippen LogP contribution is 2.61. The number of benzene rings is 9. The molecule has 9 aromatic carbocycles. The Morgan fingerprint density at radius 1 is 0.358 bits per heavy atom. The van der Waals surface area contributed by atoms with Crippen molar-refractivity contribution in [3.8, 4) is 44.5 Å². The molecule has 4 fully saturated rings. The second-order valence-electron chi connectivity index (χ2n) is 19.9. The predicted molar refractivity (Wildman–Crippen MR) is 277 cm³/mol. The number of nitrogens with zero attached hydrogens (tertiary/aromatic N) is 1. The van der Waals surface area contributed by atoms with E-state index in [1.165, 1.54) is 72.0 Å². The third-order valence-corrected chi connectivity index (χ3v) is 15.9. The van der Waals surface area contributed by atoms with Gasteiger partial charge in [-0.25, -0.2) is 0 Å². The van der Waals surface area contributed by atoms with Gasteiger partial charge in [0.2, 0.25) is 0 Å². The van der Waals surface area contributed by atoms with Crippen LogP contribution in [0.2, 0.25) is 0 Å². The Morgan fingerprint density at radius 3 is 1.33 bits per heavy atom. The third-order valence-electron chi connectivity index (χ3n) is 15.9. The molecule has 0 spiro atoms. The maximum atomic E-state index is 6.54. The summed E-state index contributed by atoms with van der Waals surface area (Å²) in [6.45, 7) is 0. The van der Waals surface area contributed by atoms with Crippen molar-refractivity contribution < 1.29 is 8.83 Å². The summed E-state index contributed by atoms with van der Waals surface area (Å²) < 4.78 is 13.0. The molecule has 322 valence electrons. The first-order valence-electron chi connectivity index (χ1n) is 24.2. The molecule has 0 aliphatic heterocycles. The van der Waals surface area contributed by atoms with E-state index < -0.39 is 0 Å². The Morgan fingerprint density at radius 2 is 0.791 bits per heavy atom. The molecule has 2 aromatic heterocycles. The maximum Gasteiger partial charge on any atom is 0.143 e. The fourth-order valence-corrected chi connectivity index (χ4v) is 13.2. The van der Waals surface area contributed by atoms with Gasteiger partial charge in [0.05, 0.1) is 5.69 Å². The summed E-state index contributed by atoms with van der Waals surface area (Å²) in [6, 6.07) is 75.5. The normalized spacial score (nSPS) is 19.8. The van der Waals surface area contributed by atoms with Crippen LogP contribution in [0.5, 0.6) is 0 Å². The molecule has 2 heterocycles. The van der Waals surface area contributed by atoms with Crippen LogP contribution >= 0.6 is 0 Å². The van der Waals surface area contributed by atoms with Gasteiger partial charge in [-0.1, -0.05) is 164 Å². The topological polar surface area (TPSA) is 29.5 Å². The lowest BCUT2D eigenvalue weighted by molar-refractivity contribution is -0.00516. The van der Waals surface area contributed by atoms with E-state index in [9.17, 15) is 0 Å². The zero-order valence-corrected chi connectivity index (χ0v) is 37.4. The van der Waals surface area contributed by atoms with E-state index in [1.54, 1.807) is 0 Å². The summed E-state index contributed by atoms with van der Waals surface area (Å²) in [5, 5.41) is 4.58. The molecule has 3 nitrogen and oxygen atoms in total. The first-order valence-corrected chi connectivity index (χ1v) is 24.2. The monoisotopic (exact) mass is 863 g/mol. The van der Waals surface area contributed by atoms with Gasteiger partial charge in [0.15, 0.2) is 0 Å². The van der Waals surface area contributed by atoms with Gasteiger partial charge >= 0.3 is 0 Å². The van der Waals surface area contributed by atoms with Crippen LogP contribution in [0.3, 0.4) is 0 Å². The average Bonchev–Trinajstić information content (AvgIpc) is 3.96. The predicted octanol–water partition coefficient (Wildman–Crippen LogP) is 18.1. The standard InChI is InChI=1S/C64H49NO2/c1-2-10-44(11-3-1)45-24-29-50(30-25-45)65(51-31-26-48(27-32-51)54-15-9-17-58-56-13-5-7-19-61(56)67-63(54)58)59-37-49(64-38-41-34-42(39-64)36-43(35-41)40-64)28-33-52(59)46-20-22-47(23-21-46)53-14-8-16-57-55-12-4-6-18-60(55)66-62(53)57/h1-33,37,41-43H,34-36,38-40H2. The molecular weight excluding hydrogens is 815 g/mol. The van der Waals surface area contributed by atoms with Crippen molar-refractivity contribution in [1.29, 1.82) is 0 Å². The molecule has 0 unspecified atom stereocenters. The molecule has 0 saturated heterocycles. The molecule has 4 aliphatic carbocycles. The Bertz CT molecular complexity index is 3620. The number of rotatable bonds is 8. The van der Waals surface area contributed by atoms with E-state index in [-0.39, 0.29) is 5.41 Å². The average molecular weight is 864 g/mol. The molecule has 0 radical (unpaired) electrons. The van der Waals surface area contributed by atoms with Crippen LogP contribution in [-0.2, 0) is 5.41 Å². The van der Waals surface area contributed by atoms with Gasteiger partial charge in [-0.3, -0.25) is 0 Å². The molecule has 0 atom stereocenters. The minimum absolute atomic E-state index is 0.231. The van der Waals surface area contributed by atoms with Crippen molar-refractivity contribution in [2.45, 2.75) is 43.9 Å². The Kier molecular flexibility index (Phi) is 8.78. The van der Waals surface area contributed by atoms with Gasteiger partial charge < -0.3 is 13.7 Å². The van der Waals surface area contributed by atoms with Gasteiger partial charge in [-0.2, -0.15) is 0 Å². The van der Waals surface area contributed by atoms with E-state index in [2.05, 4.69) is 199 Å². The molecule has 4 bridgehead atoms. The molecule has 11 aromatic rings. The summed E-state index contributed by atoms with van der Waals surface area (Å²) in [5.41, 5.74) is 18.2. The summed E-state index contributed by atoms with van der Waals surface area (Å²) in [4.78, 5) is 2.52. The highest BCUT2D eigenvalue weighted by atomic mass is 16.3. The van der Waals surface area contributed by atoms with Crippen LogP contribution in [0.15, 0.2) is 215 Å². The molecule has 4 saturated carbocycles. The van der Waals surface area contributed by atoms with Crippen molar-refractivity contribution in [3.63, 3.8) is 0 Å². The van der Waals surface area contributed by atoms with Crippen molar-refractivity contribution in [2.24, 2.45) is 17.8 Å². The van der Waals surface area contributed by atoms with Crippen LogP contribution in [0.4, 0.5) is 17.1 Å². The minimum atomic E-state index is 0.231. The van der Waals surface area contributed by atoms with Crippen LogP contribution in [0, 0.1) is 17.8 Å². The largest absolute Gasteiger partial charge is 0.455 e. The first kappa shape index (κ1) is 38.6. The van der Waals surface area contributed by atoms with Crippen LogP contribution in [-0.4, -0.2) is 0 Å². The molecule has 0 N–H and O–H groups in total. The highest BCUT2D eigenvalue weighted by Gasteiger charge is 2.51. The zero-order valence-electron chi connectivity index (χ0n) is 37.4. The minimum Gasteiger partial charge on any atom is -0.455 e. The van der Waals surface area contributed by atoms with E-state index in [0.29, 0.717) is 0 Å². The summed E-state index contributed by atoms with van der Waals surface area (Å²) in [7, 11) is 0. The number of anilines is 3. The van der Waals surface area contributed by atoms with Crippen molar-refractivity contribution in [2.75, 3.05) is 4.90 Å². The number of para-hydroxylation sites is 4. The van der Waals surface area contributed by atoms with Gasteiger partial charge in [-0.15, -0.1) is 0 Å². The number of furan rings is 2. The Hall–Kier alpha value is -7.62. The zero-order chi connectivity index (χ0) is 44.1. The van der Waals surface area contributed by atoms with Crippen molar-refractivity contribution in [1.82, 2.24) is 0 Å². The third kappa shape index (κ3) is 6.39. The van der Waals surface area contributed by atoms with Gasteiger partial charge in [0.1, 0.15) is 22.3 Å². The fraction of sp³-hybridized carbons (Fsp3) is 0.156. The van der Waals surface area contributed by atoms with E-state index in [1.807, 2.05) is 12.1 Å². The molecule has 4 aliphatic rings. The number of fused-ring (bicyclic) bond motifs is 6. The molecule has 15 rings (SSSR count). The molecular formula is C64H49NO2. The smallest absolute Gasteiger partial charge is 0.143 e. The lowest BCUT2D eigenvalue weighted by Gasteiger charge is -2.57. The lowest BCUT2D eigenvalue weighted by atomic mass is 9.48. The van der Waals surface area contributed by atoms with E-state index in [4.69, 9.17) is 8.83 Å². The maximum absolute atomic E-state index is 6.54. The van der Waals surface area contributed by atoms with Crippen LogP contribution in [0.25, 0.3) is 88.4 Å². The van der Waals surface area contributed by atoms with Crippen molar-refractivity contribution in [3.05, 3.63) is 212 Å². The van der Waals surface area contributed by atoms with Crippen LogP contribution in [0.1, 0.15) is 44.1 Å². The Balaban J connectivity index is 0.932. The number of hydrogen-bond acceptors (Lipinski definition) is 3.